The number of hydrogen-bond donors (Lipinski definition) is 0. The molecule has 16 heavy (non-hydrogen) atoms. The van der Waals surface area contributed by atoms with Gasteiger partial charge in [-0.3, -0.25) is 0 Å². The van der Waals surface area contributed by atoms with E-state index < -0.39 is 0 Å². The zero-order valence-corrected chi connectivity index (χ0v) is 12.7. The van der Waals surface area contributed by atoms with E-state index >= 15 is 0 Å². The van der Waals surface area contributed by atoms with Crippen LogP contribution in [0.2, 0.25) is 0 Å². The summed E-state index contributed by atoms with van der Waals surface area (Å²) in [7, 11) is 0. The van der Waals surface area contributed by atoms with Gasteiger partial charge in [0.15, 0.2) is 0 Å². The van der Waals surface area contributed by atoms with E-state index in [0.717, 1.165) is 12.0 Å². The number of hydrogen-bond acceptors (Lipinski definition) is 0. The van der Waals surface area contributed by atoms with Gasteiger partial charge in [-0.15, -0.1) is 0 Å². The Morgan fingerprint density at radius 2 is 2.00 bits per heavy atom. The van der Waals surface area contributed by atoms with Crippen molar-refractivity contribution in [3.63, 3.8) is 0 Å². The number of halogens is 3. The van der Waals surface area contributed by atoms with Gasteiger partial charge in [-0.05, 0) is 40.0 Å². The predicted octanol–water partition coefficient (Wildman–Crippen LogP) is 5.99. The first-order valence-electron chi connectivity index (χ1n) is 5.74. The Kier molecular flexibility index (Phi) is 6.59. The van der Waals surface area contributed by atoms with E-state index in [9.17, 15) is 4.39 Å². The van der Waals surface area contributed by atoms with Crippen molar-refractivity contribution >= 4 is 31.9 Å². The van der Waals surface area contributed by atoms with Crippen LogP contribution < -0.4 is 0 Å². The van der Waals surface area contributed by atoms with Gasteiger partial charge in [-0.1, -0.05) is 54.6 Å². The fourth-order valence-corrected chi connectivity index (χ4v) is 2.63. The number of rotatable bonds is 6. The molecule has 1 atom stereocenters. The lowest BCUT2D eigenvalue weighted by Crippen LogP contribution is -1.91. The van der Waals surface area contributed by atoms with Crippen LogP contribution in [0.25, 0.3) is 0 Å². The van der Waals surface area contributed by atoms with Crippen LogP contribution in [0, 0.1) is 5.82 Å². The Morgan fingerprint density at radius 1 is 1.25 bits per heavy atom. The molecule has 0 saturated heterocycles. The highest BCUT2D eigenvalue weighted by atomic mass is 79.9. The van der Waals surface area contributed by atoms with Crippen molar-refractivity contribution < 1.29 is 4.39 Å². The minimum Gasteiger partial charge on any atom is -0.206 e. The molecule has 0 heterocycles. The van der Waals surface area contributed by atoms with E-state index in [2.05, 4.69) is 38.8 Å². The van der Waals surface area contributed by atoms with Crippen LogP contribution >= 0.6 is 31.9 Å². The van der Waals surface area contributed by atoms with E-state index in [0.29, 0.717) is 9.30 Å². The summed E-state index contributed by atoms with van der Waals surface area (Å²) in [5.41, 5.74) is 1.14. The van der Waals surface area contributed by atoms with Crippen molar-refractivity contribution in [2.24, 2.45) is 0 Å². The maximum Gasteiger partial charge on any atom is 0.137 e. The van der Waals surface area contributed by atoms with E-state index in [1.165, 1.54) is 31.7 Å². The number of benzene rings is 1. The standard InChI is InChI=1S/C13H17Br2F/c1-2-3-4-5-6-11(14)10-7-8-13(16)12(15)9-10/h7-9,11H,2-6H2,1H3. The monoisotopic (exact) mass is 350 g/mol. The van der Waals surface area contributed by atoms with Crippen molar-refractivity contribution in [1.29, 1.82) is 0 Å². The Hall–Kier alpha value is 0.110. The number of unbranched alkanes of at least 4 members (excludes halogenated alkanes) is 3. The third-order valence-electron chi connectivity index (χ3n) is 2.62. The maximum atomic E-state index is 13.1. The lowest BCUT2D eigenvalue weighted by atomic mass is 10.1. The predicted molar refractivity (Wildman–Crippen MR) is 74.5 cm³/mol. The summed E-state index contributed by atoms with van der Waals surface area (Å²) < 4.78 is 13.6. The van der Waals surface area contributed by atoms with E-state index in [-0.39, 0.29) is 5.82 Å². The molecular formula is C13H17Br2F. The zero-order chi connectivity index (χ0) is 12.0. The highest BCUT2D eigenvalue weighted by Gasteiger charge is 2.09. The summed E-state index contributed by atoms with van der Waals surface area (Å²) in [4.78, 5) is 0.334. The van der Waals surface area contributed by atoms with Gasteiger partial charge >= 0.3 is 0 Å². The van der Waals surface area contributed by atoms with Crippen LogP contribution in [0.3, 0.4) is 0 Å². The molecule has 1 aromatic carbocycles. The molecule has 0 fully saturated rings. The van der Waals surface area contributed by atoms with Crippen LogP contribution in [0.5, 0.6) is 0 Å². The third kappa shape index (κ3) is 4.54. The molecule has 0 radical (unpaired) electrons. The summed E-state index contributed by atoms with van der Waals surface area (Å²) in [6, 6.07) is 5.22. The van der Waals surface area contributed by atoms with Crippen molar-refractivity contribution in [2.75, 3.05) is 0 Å². The van der Waals surface area contributed by atoms with Crippen LogP contribution in [-0.4, -0.2) is 0 Å². The quantitative estimate of drug-likeness (QED) is 0.436. The normalized spacial score (nSPS) is 12.8. The molecule has 0 amide bonds. The Morgan fingerprint density at radius 3 is 2.62 bits per heavy atom. The Bertz CT molecular complexity index is 326. The van der Waals surface area contributed by atoms with Gasteiger partial charge in [-0.2, -0.15) is 0 Å². The molecule has 1 rings (SSSR count). The largest absolute Gasteiger partial charge is 0.206 e. The lowest BCUT2D eigenvalue weighted by molar-refractivity contribution is 0.615. The molecule has 0 nitrogen and oxygen atoms in total. The molecule has 0 bridgehead atoms. The molecule has 3 heteroatoms. The smallest absolute Gasteiger partial charge is 0.137 e. The van der Waals surface area contributed by atoms with Gasteiger partial charge < -0.3 is 0 Å². The van der Waals surface area contributed by atoms with Crippen LogP contribution in [0.1, 0.15) is 49.4 Å². The van der Waals surface area contributed by atoms with Crippen LogP contribution in [0.4, 0.5) is 4.39 Å². The van der Waals surface area contributed by atoms with E-state index in [1.807, 2.05) is 12.1 Å². The summed E-state index contributed by atoms with van der Waals surface area (Å²) in [6.45, 7) is 2.21. The first-order chi connectivity index (χ1) is 7.65. The fraction of sp³-hybridized carbons (Fsp3) is 0.538. The summed E-state index contributed by atoms with van der Waals surface area (Å²) in [5.74, 6) is -0.200. The van der Waals surface area contributed by atoms with Crippen LogP contribution in [-0.2, 0) is 0 Å². The summed E-state index contributed by atoms with van der Waals surface area (Å²) in [6.07, 6.45) is 6.17. The summed E-state index contributed by atoms with van der Waals surface area (Å²) >= 11 is 6.87. The van der Waals surface area contributed by atoms with Gasteiger partial charge in [0, 0.05) is 4.83 Å². The molecule has 0 spiro atoms. The van der Waals surface area contributed by atoms with Gasteiger partial charge in [0.25, 0.3) is 0 Å². The Labute approximate surface area is 114 Å². The number of alkyl halides is 1. The Balaban J connectivity index is 2.46. The second kappa shape index (κ2) is 7.44. The maximum absolute atomic E-state index is 13.1. The molecule has 0 aliphatic rings. The lowest BCUT2D eigenvalue weighted by Gasteiger charge is -2.10. The van der Waals surface area contributed by atoms with Crippen molar-refractivity contribution in [3.05, 3.63) is 34.1 Å². The van der Waals surface area contributed by atoms with Gasteiger partial charge in [-0.25, -0.2) is 4.39 Å². The average Bonchev–Trinajstić information content (AvgIpc) is 2.28. The van der Waals surface area contributed by atoms with Crippen molar-refractivity contribution in [2.45, 2.75) is 43.9 Å². The summed E-state index contributed by atoms with van der Waals surface area (Å²) in [5, 5.41) is 0. The first kappa shape index (κ1) is 14.2. The minimum absolute atomic E-state index is 0.200. The van der Waals surface area contributed by atoms with Crippen molar-refractivity contribution in [1.82, 2.24) is 0 Å². The van der Waals surface area contributed by atoms with Crippen molar-refractivity contribution in [3.8, 4) is 0 Å². The van der Waals surface area contributed by atoms with Gasteiger partial charge in [0.1, 0.15) is 5.82 Å². The van der Waals surface area contributed by atoms with E-state index in [4.69, 9.17) is 0 Å². The molecule has 0 aliphatic heterocycles. The fourth-order valence-electron chi connectivity index (χ4n) is 1.62. The molecule has 1 aromatic rings. The second-order valence-electron chi connectivity index (χ2n) is 3.99. The third-order valence-corrected chi connectivity index (χ3v) is 4.21. The minimum atomic E-state index is -0.200. The highest BCUT2D eigenvalue weighted by molar-refractivity contribution is 9.10. The second-order valence-corrected chi connectivity index (χ2v) is 5.95. The topological polar surface area (TPSA) is 0 Å². The van der Waals surface area contributed by atoms with Crippen LogP contribution in [0.15, 0.2) is 22.7 Å². The first-order valence-corrected chi connectivity index (χ1v) is 7.45. The molecule has 0 aromatic heterocycles. The molecule has 1 unspecified atom stereocenters. The molecule has 0 N–H and O–H groups in total. The SMILES string of the molecule is CCCCCCC(Br)c1ccc(F)c(Br)c1. The average molecular weight is 352 g/mol. The van der Waals surface area contributed by atoms with Gasteiger partial charge in [0.05, 0.1) is 4.47 Å². The molecular weight excluding hydrogens is 335 g/mol. The van der Waals surface area contributed by atoms with Gasteiger partial charge in [0.2, 0.25) is 0 Å². The molecule has 90 valence electrons. The zero-order valence-electron chi connectivity index (χ0n) is 9.48. The highest BCUT2D eigenvalue weighted by Crippen LogP contribution is 2.31. The van der Waals surface area contributed by atoms with E-state index in [1.54, 1.807) is 0 Å². The molecule has 0 aliphatic carbocycles. The molecule has 0 saturated carbocycles.